The molecule has 8 heteroatoms. The average Bonchev–Trinajstić information content (AvgIpc) is 2.70. The van der Waals surface area contributed by atoms with Gasteiger partial charge in [0.2, 0.25) is 0 Å². The highest BCUT2D eigenvalue weighted by molar-refractivity contribution is 9.10. The predicted molar refractivity (Wildman–Crippen MR) is 77.8 cm³/mol. The number of carbonyl (C=O) groups is 2. The van der Waals surface area contributed by atoms with Crippen LogP contribution in [-0.2, 0) is 4.74 Å². The number of carbonyl (C=O) groups excluding carboxylic acids is 2. The summed E-state index contributed by atoms with van der Waals surface area (Å²) in [4.78, 5) is 27.5. The van der Waals surface area contributed by atoms with E-state index in [-0.39, 0.29) is 28.5 Å². The lowest BCUT2D eigenvalue weighted by atomic mass is 9.87. The summed E-state index contributed by atoms with van der Waals surface area (Å²) >= 11 is 3.04. The molecule has 0 spiro atoms. The largest absolute Gasteiger partial charge is 0.444 e. The topological polar surface area (TPSA) is 93.5 Å². The number of ether oxygens (including phenoxy) is 1. The summed E-state index contributed by atoms with van der Waals surface area (Å²) in [5.74, 6) is -0.287. The summed E-state index contributed by atoms with van der Waals surface area (Å²) in [6.45, 7) is 5.44. The monoisotopic (exact) mass is 359 g/mol. The van der Waals surface area contributed by atoms with Gasteiger partial charge in [0.15, 0.2) is 5.69 Å². The highest BCUT2D eigenvalue weighted by Crippen LogP contribution is 2.21. The van der Waals surface area contributed by atoms with E-state index in [1.54, 1.807) is 0 Å². The lowest BCUT2D eigenvalue weighted by Gasteiger charge is -2.36. The van der Waals surface area contributed by atoms with Crippen LogP contribution < -0.4 is 10.6 Å². The van der Waals surface area contributed by atoms with E-state index >= 15 is 0 Å². The van der Waals surface area contributed by atoms with Crippen LogP contribution in [0.5, 0.6) is 0 Å². The van der Waals surface area contributed by atoms with Crippen LogP contribution in [0.2, 0.25) is 0 Å². The van der Waals surface area contributed by atoms with Crippen molar-refractivity contribution in [1.29, 1.82) is 0 Å². The van der Waals surface area contributed by atoms with Crippen molar-refractivity contribution >= 4 is 27.9 Å². The molecule has 1 fully saturated rings. The summed E-state index contributed by atoms with van der Waals surface area (Å²) < 4.78 is 10.1. The number of nitrogens with zero attached hydrogens (tertiary/aromatic N) is 1. The van der Waals surface area contributed by atoms with Crippen molar-refractivity contribution < 1.29 is 18.7 Å². The molecule has 2 N–H and O–H groups in total. The average molecular weight is 360 g/mol. The van der Waals surface area contributed by atoms with E-state index in [4.69, 9.17) is 9.15 Å². The van der Waals surface area contributed by atoms with Gasteiger partial charge in [0.1, 0.15) is 11.9 Å². The SMILES string of the molecule is CC(C)(C)OC(=O)N[C@H]1C[C@@H](NC(=O)c2coc(Br)n2)C1. The number of rotatable bonds is 3. The number of oxazole rings is 1. The van der Waals surface area contributed by atoms with Crippen molar-refractivity contribution in [3.63, 3.8) is 0 Å². The van der Waals surface area contributed by atoms with Crippen LogP contribution in [0.1, 0.15) is 44.1 Å². The number of nitrogens with one attached hydrogen (secondary N) is 2. The first-order valence-electron chi connectivity index (χ1n) is 6.64. The third-order valence-corrected chi connectivity index (χ3v) is 3.27. The Labute approximate surface area is 130 Å². The molecule has 0 unspecified atom stereocenters. The molecule has 2 rings (SSSR count). The standard InChI is InChI=1S/C13H18BrN3O4/c1-13(2,3)21-12(19)16-8-4-7(5-8)15-10(18)9-6-20-11(14)17-9/h6-8H,4-5H2,1-3H3,(H,15,18)(H,16,19)/t7-,8+. The highest BCUT2D eigenvalue weighted by Gasteiger charge is 2.33. The number of alkyl carbamates (subject to hydrolysis) is 1. The summed E-state index contributed by atoms with van der Waals surface area (Å²) in [7, 11) is 0. The van der Waals surface area contributed by atoms with Gasteiger partial charge in [0, 0.05) is 28.0 Å². The summed E-state index contributed by atoms with van der Waals surface area (Å²) in [6.07, 6.45) is 2.19. The van der Waals surface area contributed by atoms with Crippen LogP contribution in [0.4, 0.5) is 4.79 Å². The van der Waals surface area contributed by atoms with E-state index in [0.717, 1.165) is 0 Å². The molecule has 2 amide bonds. The zero-order valence-electron chi connectivity index (χ0n) is 12.1. The van der Waals surface area contributed by atoms with Crippen LogP contribution in [0, 0.1) is 0 Å². The van der Waals surface area contributed by atoms with Crippen LogP contribution in [-0.4, -0.2) is 34.7 Å². The Morgan fingerprint density at radius 3 is 2.48 bits per heavy atom. The Hall–Kier alpha value is -1.57. The van der Waals surface area contributed by atoms with Crippen LogP contribution in [0.3, 0.4) is 0 Å². The van der Waals surface area contributed by atoms with Gasteiger partial charge >= 0.3 is 6.09 Å². The fraction of sp³-hybridized carbons (Fsp3) is 0.615. The van der Waals surface area contributed by atoms with Gasteiger partial charge in [-0.3, -0.25) is 4.79 Å². The van der Waals surface area contributed by atoms with Gasteiger partial charge in [-0.25, -0.2) is 4.79 Å². The van der Waals surface area contributed by atoms with Gasteiger partial charge in [-0.1, -0.05) is 0 Å². The third kappa shape index (κ3) is 4.73. The number of halogens is 1. The number of amides is 2. The van der Waals surface area contributed by atoms with Gasteiger partial charge in [0.05, 0.1) is 0 Å². The Kier molecular flexibility index (Phi) is 4.55. The van der Waals surface area contributed by atoms with E-state index in [1.807, 2.05) is 20.8 Å². The second-order valence-electron chi connectivity index (χ2n) is 5.97. The lowest BCUT2D eigenvalue weighted by molar-refractivity contribution is 0.0465. The molecule has 1 aliphatic carbocycles. The molecule has 0 atom stereocenters. The molecular formula is C13H18BrN3O4. The molecule has 21 heavy (non-hydrogen) atoms. The molecule has 116 valence electrons. The first kappa shape index (κ1) is 15.8. The second kappa shape index (κ2) is 6.05. The summed E-state index contributed by atoms with van der Waals surface area (Å²) in [6, 6.07) is 0.0436. The smallest absolute Gasteiger partial charge is 0.407 e. The molecule has 0 aliphatic heterocycles. The minimum absolute atomic E-state index is 0.0212. The summed E-state index contributed by atoms with van der Waals surface area (Å²) in [5.41, 5.74) is -0.285. The van der Waals surface area contributed by atoms with E-state index < -0.39 is 11.7 Å². The summed E-state index contributed by atoms with van der Waals surface area (Å²) in [5, 5.41) is 5.59. The Morgan fingerprint density at radius 1 is 1.33 bits per heavy atom. The number of hydrogen-bond donors (Lipinski definition) is 2. The van der Waals surface area contributed by atoms with Crippen molar-refractivity contribution in [3.8, 4) is 0 Å². The lowest BCUT2D eigenvalue weighted by Crippen LogP contribution is -2.54. The number of hydrogen-bond acceptors (Lipinski definition) is 5. The highest BCUT2D eigenvalue weighted by atomic mass is 79.9. The van der Waals surface area contributed by atoms with E-state index in [1.165, 1.54) is 6.26 Å². The predicted octanol–water partition coefficient (Wildman–Crippen LogP) is 2.22. The first-order valence-corrected chi connectivity index (χ1v) is 7.43. The third-order valence-electron chi connectivity index (χ3n) is 2.90. The number of aromatic nitrogens is 1. The Bertz CT molecular complexity index is 532. The van der Waals surface area contributed by atoms with Gasteiger partial charge in [0.25, 0.3) is 10.7 Å². The van der Waals surface area contributed by atoms with Crippen molar-refractivity contribution in [2.45, 2.75) is 51.3 Å². The van der Waals surface area contributed by atoms with Crippen molar-refractivity contribution in [2.24, 2.45) is 0 Å². The Morgan fingerprint density at radius 2 is 1.95 bits per heavy atom. The molecular weight excluding hydrogens is 342 g/mol. The molecule has 0 aromatic carbocycles. The fourth-order valence-corrected chi connectivity index (χ4v) is 2.23. The van der Waals surface area contributed by atoms with Crippen molar-refractivity contribution in [1.82, 2.24) is 15.6 Å². The quantitative estimate of drug-likeness (QED) is 0.862. The molecule has 7 nitrogen and oxygen atoms in total. The normalized spacial score (nSPS) is 21.3. The van der Waals surface area contributed by atoms with Crippen LogP contribution in [0.25, 0.3) is 0 Å². The molecule has 1 aliphatic rings. The minimum Gasteiger partial charge on any atom is -0.444 e. The first-order chi connectivity index (χ1) is 9.73. The van der Waals surface area contributed by atoms with Crippen LogP contribution >= 0.6 is 15.9 Å². The van der Waals surface area contributed by atoms with Gasteiger partial charge < -0.3 is 19.8 Å². The van der Waals surface area contributed by atoms with Crippen molar-refractivity contribution in [3.05, 3.63) is 16.8 Å². The maximum absolute atomic E-state index is 11.8. The van der Waals surface area contributed by atoms with E-state index in [0.29, 0.717) is 12.8 Å². The molecule has 0 bridgehead atoms. The molecule has 1 saturated carbocycles. The molecule has 1 heterocycles. The van der Waals surface area contributed by atoms with E-state index in [9.17, 15) is 9.59 Å². The maximum Gasteiger partial charge on any atom is 0.407 e. The molecule has 1 aromatic rings. The molecule has 1 aromatic heterocycles. The van der Waals surface area contributed by atoms with E-state index in [2.05, 4.69) is 31.5 Å². The molecule has 0 radical (unpaired) electrons. The zero-order chi connectivity index (χ0) is 15.6. The van der Waals surface area contributed by atoms with Gasteiger partial charge in [-0.2, -0.15) is 4.98 Å². The van der Waals surface area contributed by atoms with Crippen molar-refractivity contribution in [2.75, 3.05) is 0 Å². The minimum atomic E-state index is -0.512. The van der Waals surface area contributed by atoms with Gasteiger partial charge in [-0.15, -0.1) is 0 Å². The Balaban J connectivity index is 1.70. The van der Waals surface area contributed by atoms with Gasteiger partial charge in [-0.05, 0) is 33.6 Å². The molecule has 0 saturated heterocycles. The second-order valence-corrected chi connectivity index (χ2v) is 6.65. The fourth-order valence-electron chi connectivity index (χ4n) is 1.94. The zero-order valence-corrected chi connectivity index (χ0v) is 13.7. The van der Waals surface area contributed by atoms with Crippen LogP contribution in [0.15, 0.2) is 15.5 Å². The maximum atomic E-state index is 11.8.